The molecule has 0 spiro atoms. The monoisotopic (exact) mass is 409 g/mol. The number of aromatic hydroxyl groups is 1. The van der Waals surface area contributed by atoms with E-state index in [9.17, 15) is 9.50 Å². The molecule has 2 aromatic heterocycles. The lowest BCUT2D eigenvalue weighted by atomic mass is 9.96. The van der Waals surface area contributed by atoms with Crippen molar-refractivity contribution in [3.05, 3.63) is 81.7 Å². The number of rotatable bonds is 4. The van der Waals surface area contributed by atoms with Crippen LogP contribution in [0.3, 0.4) is 0 Å². The van der Waals surface area contributed by atoms with Gasteiger partial charge >= 0.3 is 0 Å². The van der Waals surface area contributed by atoms with Gasteiger partial charge in [-0.3, -0.25) is 0 Å². The summed E-state index contributed by atoms with van der Waals surface area (Å²) in [5, 5.41) is 15.4. The summed E-state index contributed by atoms with van der Waals surface area (Å²) in [6, 6.07) is 15.0. The minimum atomic E-state index is -0.258. The molecule has 0 fully saturated rings. The topological polar surface area (TPSA) is 54.9 Å². The molecule has 5 rings (SSSR count). The number of nitrogens with zero attached hydrogens (tertiary/aromatic N) is 3. The Kier molecular flexibility index (Phi) is 4.56. The maximum Gasteiger partial charge on any atom is 0.235 e. The first-order valence-corrected chi connectivity index (χ1v) is 10.7. The highest BCUT2D eigenvalue weighted by atomic mass is 32.1. The molecule has 2 N–H and O–H groups in total. The van der Waals surface area contributed by atoms with E-state index in [1.807, 2.05) is 19.1 Å². The summed E-state index contributed by atoms with van der Waals surface area (Å²) in [4.78, 5) is 7.37. The summed E-state index contributed by atoms with van der Waals surface area (Å²) in [6.45, 7) is 3.78. The smallest absolute Gasteiger partial charge is 0.235 e. The second-order valence-electron chi connectivity index (χ2n) is 7.45. The van der Waals surface area contributed by atoms with Crippen LogP contribution in [0.25, 0.3) is 4.96 Å². The molecule has 7 heteroatoms. The summed E-state index contributed by atoms with van der Waals surface area (Å²) in [5.41, 5.74) is 3.69. The van der Waals surface area contributed by atoms with Crippen LogP contribution in [0.1, 0.15) is 40.4 Å². The van der Waals surface area contributed by atoms with Gasteiger partial charge in [0, 0.05) is 24.0 Å². The van der Waals surface area contributed by atoms with Gasteiger partial charge in [0.1, 0.15) is 17.2 Å². The third-order valence-electron chi connectivity index (χ3n) is 5.68. The number of halogens is 1. The fourth-order valence-corrected chi connectivity index (χ4v) is 5.36. The van der Waals surface area contributed by atoms with E-state index in [4.69, 9.17) is 0 Å². The van der Waals surface area contributed by atoms with E-state index in [2.05, 4.69) is 34.3 Å². The molecule has 2 atom stereocenters. The van der Waals surface area contributed by atoms with Crippen molar-refractivity contribution in [2.24, 2.45) is 0 Å². The van der Waals surface area contributed by atoms with Crippen molar-refractivity contribution < 1.29 is 14.4 Å². The number of thiazole rings is 1. The zero-order valence-electron chi connectivity index (χ0n) is 16.1. The molecule has 0 amide bonds. The van der Waals surface area contributed by atoms with Gasteiger partial charge in [0.15, 0.2) is 11.9 Å². The Labute approximate surface area is 172 Å². The second-order valence-corrected chi connectivity index (χ2v) is 8.46. The number of nitrogens with one attached hydrogen (secondary N) is 1. The molecule has 1 aliphatic heterocycles. The van der Waals surface area contributed by atoms with E-state index in [1.165, 1.54) is 44.0 Å². The Bertz CT molecular complexity index is 1170. The molecule has 2 aromatic carbocycles. The number of quaternary nitrogens is 1. The van der Waals surface area contributed by atoms with Gasteiger partial charge in [0.2, 0.25) is 10.8 Å². The van der Waals surface area contributed by atoms with Crippen molar-refractivity contribution in [2.45, 2.75) is 32.4 Å². The first kappa shape index (κ1) is 18.3. The number of hydrogen-bond donors (Lipinski definition) is 2. The molecule has 29 heavy (non-hydrogen) atoms. The van der Waals surface area contributed by atoms with Gasteiger partial charge in [0.25, 0.3) is 0 Å². The molecule has 0 bridgehead atoms. The highest BCUT2D eigenvalue weighted by Gasteiger charge is 2.34. The lowest BCUT2D eigenvalue weighted by Crippen LogP contribution is -3.12. The number of hydrogen-bond acceptors (Lipinski definition) is 4. The summed E-state index contributed by atoms with van der Waals surface area (Å²) in [5.74, 6) is 0.597. The number of aryl methyl sites for hydroxylation is 1. The van der Waals surface area contributed by atoms with Crippen molar-refractivity contribution in [3.63, 3.8) is 0 Å². The zero-order chi connectivity index (χ0) is 20.0. The third-order valence-corrected chi connectivity index (χ3v) is 6.77. The SMILES string of the molecule is CCc1nc2sc([C@H](c3ccc(F)cc3)[NH+]3CCc4ccccc4C3)c(O)n2n1. The molecule has 0 radical (unpaired) electrons. The van der Waals surface area contributed by atoms with Gasteiger partial charge in [-0.2, -0.15) is 4.52 Å². The fourth-order valence-electron chi connectivity index (χ4n) is 4.20. The van der Waals surface area contributed by atoms with Gasteiger partial charge in [-0.15, -0.1) is 5.10 Å². The van der Waals surface area contributed by atoms with Gasteiger partial charge < -0.3 is 10.0 Å². The van der Waals surface area contributed by atoms with Crippen LogP contribution in [0.15, 0.2) is 48.5 Å². The first-order valence-electron chi connectivity index (χ1n) is 9.88. The van der Waals surface area contributed by atoms with Crippen molar-refractivity contribution >= 4 is 16.3 Å². The normalized spacial score (nSPS) is 17.4. The van der Waals surface area contributed by atoms with E-state index in [0.717, 1.165) is 42.2 Å². The standard InChI is InChI=1S/C22H21FN4OS/c1-2-18-24-22-27(25-18)21(28)20(29-22)19(15-7-9-17(23)10-8-15)26-12-11-14-5-3-4-6-16(14)13-26/h3-10,19,28H,2,11-13H2,1H3/p+1/t19-/m0/s1. The molecule has 148 valence electrons. The van der Waals surface area contributed by atoms with Crippen LogP contribution in [0.2, 0.25) is 0 Å². The largest absolute Gasteiger partial charge is 0.492 e. The Balaban J connectivity index is 1.61. The molecular weight excluding hydrogens is 387 g/mol. The summed E-state index contributed by atoms with van der Waals surface area (Å²) >= 11 is 1.47. The predicted molar refractivity (Wildman–Crippen MR) is 110 cm³/mol. The maximum atomic E-state index is 13.6. The zero-order valence-corrected chi connectivity index (χ0v) is 16.9. The average molecular weight is 410 g/mol. The van der Waals surface area contributed by atoms with E-state index >= 15 is 0 Å². The van der Waals surface area contributed by atoms with E-state index in [-0.39, 0.29) is 17.7 Å². The number of fused-ring (bicyclic) bond motifs is 2. The third kappa shape index (κ3) is 3.20. The van der Waals surface area contributed by atoms with Gasteiger partial charge in [0.05, 0.1) is 6.54 Å². The number of aromatic nitrogens is 3. The van der Waals surface area contributed by atoms with Crippen molar-refractivity contribution in [1.29, 1.82) is 0 Å². The van der Waals surface area contributed by atoms with Gasteiger partial charge in [-0.05, 0) is 29.8 Å². The Morgan fingerprint density at radius 1 is 1.17 bits per heavy atom. The predicted octanol–water partition coefficient (Wildman–Crippen LogP) is 2.93. The fraction of sp³-hybridized carbons (Fsp3) is 0.273. The summed E-state index contributed by atoms with van der Waals surface area (Å²) in [6.07, 6.45) is 1.70. The molecule has 5 nitrogen and oxygen atoms in total. The minimum absolute atomic E-state index is 0.109. The van der Waals surface area contributed by atoms with Crippen molar-refractivity contribution in [3.8, 4) is 5.88 Å². The van der Waals surface area contributed by atoms with Crippen LogP contribution in [-0.2, 0) is 19.4 Å². The van der Waals surface area contributed by atoms with Crippen molar-refractivity contribution in [2.75, 3.05) is 6.54 Å². The van der Waals surface area contributed by atoms with Crippen LogP contribution in [0.5, 0.6) is 5.88 Å². The Hall–Kier alpha value is -2.77. The Morgan fingerprint density at radius 3 is 2.66 bits per heavy atom. The quantitative estimate of drug-likeness (QED) is 0.545. The maximum absolute atomic E-state index is 13.6. The highest BCUT2D eigenvalue weighted by Crippen LogP contribution is 2.35. The van der Waals surface area contributed by atoms with Crippen LogP contribution >= 0.6 is 11.3 Å². The van der Waals surface area contributed by atoms with Crippen LogP contribution in [0, 0.1) is 5.82 Å². The van der Waals surface area contributed by atoms with E-state index < -0.39 is 0 Å². The molecule has 0 saturated heterocycles. The molecule has 1 unspecified atom stereocenters. The number of benzene rings is 2. The highest BCUT2D eigenvalue weighted by molar-refractivity contribution is 7.17. The molecule has 1 aliphatic rings. The first-order chi connectivity index (χ1) is 14.1. The molecule has 0 aliphatic carbocycles. The lowest BCUT2D eigenvalue weighted by molar-refractivity contribution is -0.940. The van der Waals surface area contributed by atoms with E-state index in [0.29, 0.717) is 4.96 Å². The van der Waals surface area contributed by atoms with Crippen LogP contribution in [0.4, 0.5) is 4.39 Å². The minimum Gasteiger partial charge on any atom is -0.492 e. The van der Waals surface area contributed by atoms with Crippen molar-refractivity contribution in [1.82, 2.24) is 14.6 Å². The average Bonchev–Trinajstić information content (AvgIpc) is 3.29. The second kappa shape index (κ2) is 7.24. The molecule has 4 aromatic rings. The molecular formula is C22H22FN4OS+. The van der Waals surface area contributed by atoms with Crippen LogP contribution in [-0.4, -0.2) is 26.2 Å². The lowest BCUT2D eigenvalue weighted by Gasteiger charge is -2.32. The summed E-state index contributed by atoms with van der Waals surface area (Å²) in [7, 11) is 0. The Morgan fingerprint density at radius 2 is 1.93 bits per heavy atom. The van der Waals surface area contributed by atoms with Crippen LogP contribution < -0.4 is 4.90 Å². The van der Waals surface area contributed by atoms with E-state index in [1.54, 1.807) is 0 Å². The summed E-state index contributed by atoms with van der Waals surface area (Å²) < 4.78 is 15.1. The molecule has 3 heterocycles. The molecule has 0 saturated carbocycles. The van der Waals surface area contributed by atoms with Gasteiger partial charge in [-0.25, -0.2) is 9.37 Å². The van der Waals surface area contributed by atoms with Gasteiger partial charge in [-0.1, -0.05) is 42.5 Å².